The van der Waals surface area contributed by atoms with Crippen LogP contribution >= 0.6 is 11.3 Å². The molecule has 0 aliphatic carbocycles. The summed E-state index contributed by atoms with van der Waals surface area (Å²) in [7, 11) is 0. The number of carboxylic acids is 1. The maximum atomic E-state index is 12.6. The number of hydrogen-bond acceptors (Lipinski definition) is 3. The molecular weight excluding hydrogens is 262 g/mol. The Bertz CT molecular complexity index is 495. The third-order valence-corrected chi connectivity index (χ3v) is 5.14. The van der Waals surface area contributed by atoms with E-state index in [1.807, 2.05) is 31.4 Å². The third kappa shape index (κ3) is 2.39. The summed E-state index contributed by atoms with van der Waals surface area (Å²) in [5.74, 6) is -0.809. The Morgan fingerprint density at radius 1 is 1.47 bits per heavy atom. The first-order valence-corrected chi connectivity index (χ1v) is 7.22. The van der Waals surface area contributed by atoms with Crippen LogP contribution in [0.25, 0.3) is 0 Å². The number of carbonyl (C=O) groups is 2. The molecule has 0 unspecified atom stereocenters. The Balaban J connectivity index is 2.16. The number of carbonyl (C=O) groups excluding carboxylic acids is 1. The van der Waals surface area contributed by atoms with Gasteiger partial charge in [0.05, 0.1) is 10.8 Å². The molecule has 0 radical (unpaired) electrons. The molecule has 2 heterocycles. The minimum atomic E-state index is -0.822. The SMILES string of the molecule is CC(C)(C(=O)N1CC[C@@](C)(C(=O)O)C1)c1cccs1. The van der Waals surface area contributed by atoms with E-state index >= 15 is 0 Å². The molecule has 0 spiro atoms. The number of aliphatic carboxylic acids is 1. The second-order valence-corrected chi connectivity index (χ2v) is 6.89. The normalized spacial score (nSPS) is 23.6. The lowest BCUT2D eigenvalue weighted by molar-refractivity contribution is -0.147. The zero-order valence-corrected chi connectivity index (χ0v) is 12.3. The molecule has 4 nitrogen and oxygen atoms in total. The second kappa shape index (κ2) is 4.63. The van der Waals surface area contributed by atoms with E-state index in [4.69, 9.17) is 0 Å². The van der Waals surface area contributed by atoms with Crippen molar-refractivity contribution in [1.82, 2.24) is 4.90 Å². The topological polar surface area (TPSA) is 57.6 Å². The summed E-state index contributed by atoms with van der Waals surface area (Å²) in [6.07, 6.45) is 0.522. The number of hydrogen-bond donors (Lipinski definition) is 1. The van der Waals surface area contributed by atoms with Crippen molar-refractivity contribution in [3.05, 3.63) is 22.4 Å². The maximum Gasteiger partial charge on any atom is 0.311 e. The molecule has 1 N–H and O–H groups in total. The lowest BCUT2D eigenvalue weighted by Gasteiger charge is -2.29. The van der Waals surface area contributed by atoms with E-state index in [0.29, 0.717) is 19.5 Å². The molecule has 0 bridgehead atoms. The van der Waals surface area contributed by atoms with Gasteiger partial charge in [-0.15, -0.1) is 11.3 Å². The number of likely N-dealkylation sites (tertiary alicyclic amines) is 1. The van der Waals surface area contributed by atoms with Crippen LogP contribution in [0.2, 0.25) is 0 Å². The Morgan fingerprint density at radius 3 is 2.63 bits per heavy atom. The van der Waals surface area contributed by atoms with Crippen LogP contribution in [0.5, 0.6) is 0 Å². The number of nitrogens with zero attached hydrogens (tertiary/aromatic N) is 1. The maximum absolute atomic E-state index is 12.6. The van der Waals surface area contributed by atoms with Crippen molar-refractivity contribution in [1.29, 1.82) is 0 Å². The van der Waals surface area contributed by atoms with Crippen molar-refractivity contribution in [3.8, 4) is 0 Å². The first-order valence-electron chi connectivity index (χ1n) is 6.34. The van der Waals surface area contributed by atoms with Gasteiger partial charge in [0.1, 0.15) is 0 Å². The Morgan fingerprint density at radius 2 is 2.16 bits per heavy atom. The first-order chi connectivity index (χ1) is 8.77. The lowest BCUT2D eigenvalue weighted by Crippen LogP contribution is -2.43. The molecule has 0 saturated carbocycles. The lowest BCUT2D eigenvalue weighted by atomic mass is 9.88. The van der Waals surface area contributed by atoms with Crippen LogP contribution in [-0.4, -0.2) is 35.0 Å². The largest absolute Gasteiger partial charge is 0.481 e. The molecule has 1 aliphatic heterocycles. The molecule has 5 heteroatoms. The summed E-state index contributed by atoms with van der Waals surface area (Å²) in [4.78, 5) is 26.6. The summed E-state index contributed by atoms with van der Waals surface area (Å²) in [5.41, 5.74) is -1.39. The quantitative estimate of drug-likeness (QED) is 0.925. The highest BCUT2D eigenvalue weighted by atomic mass is 32.1. The predicted molar refractivity (Wildman–Crippen MR) is 74.3 cm³/mol. The second-order valence-electron chi connectivity index (χ2n) is 5.94. The molecule has 1 atom stereocenters. The van der Waals surface area contributed by atoms with Gasteiger partial charge in [-0.25, -0.2) is 0 Å². The highest BCUT2D eigenvalue weighted by Crippen LogP contribution is 2.35. The van der Waals surface area contributed by atoms with Gasteiger partial charge in [-0.05, 0) is 38.6 Å². The minimum absolute atomic E-state index is 0.0138. The predicted octanol–water partition coefficient (Wildman–Crippen LogP) is 2.35. The smallest absolute Gasteiger partial charge is 0.311 e. The molecule has 1 aromatic rings. The fourth-order valence-electron chi connectivity index (χ4n) is 2.44. The van der Waals surface area contributed by atoms with Crippen LogP contribution in [-0.2, 0) is 15.0 Å². The highest BCUT2D eigenvalue weighted by Gasteiger charge is 2.45. The van der Waals surface area contributed by atoms with Crippen LogP contribution in [0.3, 0.4) is 0 Å². The average molecular weight is 281 g/mol. The molecule has 0 aromatic carbocycles. The molecule has 1 aromatic heterocycles. The molecule has 1 fully saturated rings. The first kappa shape index (κ1) is 14.1. The molecule has 104 valence electrons. The van der Waals surface area contributed by atoms with Gasteiger partial charge in [-0.2, -0.15) is 0 Å². The summed E-state index contributed by atoms with van der Waals surface area (Å²) in [5, 5.41) is 11.2. The van der Waals surface area contributed by atoms with Gasteiger partial charge in [0.15, 0.2) is 0 Å². The number of rotatable bonds is 3. The minimum Gasteiger partial charge on any atom is -0.481 e. The van der Waals surface area contributed by atoms with Crippen molar-refractivity contribution >= 4 is 23.2 Å². The summed E-state index contributed by atoms with van der Waals surface area (Å²) >= 11 is 1.56. The Hall–Kier alpha value is -1.36. The van der Waals surface area contributed by atoms with Gasteiger partial charge in [-0.1, -0.05) is 6.07 Å². The highest BCUT2D eigenvalue weighted by molar-refractivity contribution is 7.10. The zero-order valence-electron chi connectivity index (χ0n) is 11.5. The van der Waals surface area contributed by atoms with E-state index in [0.717, 1.165) is 4.88 Å². The van der Waals surface area contributed by atoms with Gasteiger partial charge < -0.3 is 10.0 Å². The van der Waals surface area contributed by atoms with E-state index < -0.39 is 16.8 Å². The average Bonchev–Trinajstić information content (AvgIpc) is 2.97. The van der Waals surface area contributed by atoms with Crippen LogP contribution in [0.1, 0.15) is 32.1 Å². The van der Waals surface area contributed by atoms with Crippen LogP contribution in [0, 0.1) is 5.41 Å². The van der Waals surface area contributed by atoms with Crippen molar-refractivity contribution in [3.63, 3.8) is 0 Å². The molecule has 19 heavy (non-hydrogen) atoms. The van der Waals surface area contributed by atoms with Gasteiger partial charge >= 0.3 is 5.97 Å². The van der Waals surface area contributed by atoms with E-state index in [-0.39, 0.29) is 5.91 Å². The Kier molecular flexibility index (Phi) is 3.43. The van der Waals surface area contributed by atoms with E-state index in [2.05, 4.69) is 0 Å². The number of amides is 1. The van der Waals surface area contributed by atoms with Crippen LogP contribution in [0.4, 0.5) is 0 Å². The van der Waals surface area contributed by atoms with Crippen molar-refractivity contribution in [2.45, 2.75) is 32.6 Å². The molecular formula is C14H19NO3S. The van der Waals surface area contributed by atoms with E-state index in [1.165, 1.54) is 0 Å². The summed E-state index contributed by atoms with van der Waals surface area (Å²) in [6, 6.07) is 3.88. The number of carboxylic acid groups (broad SMARTS) is 1. The third-order valence-electron chi connectivity index (χ3n) is 3.95. The van der Waals surface area contributed by atoms with Crippen LogP contribution in [0.15, 0.2) is 17.5 Å². The van der Waals surface area contributed by atoms with Crippen molar-refractivity contribution in [2.75, 3.05) is 13.1 Å². The standard InChI is InChI=1S/C14H19NO3S/c1-13(2,10-5-4-8-19-10)11(16)15-7-6-14(3,9-15)12(17)18/h4-5,8H,6-7,9H2,1-3H3,(H,17,18)/t14-/m1/s1. The van der Waals surface area contributed by atoms with E-state index in [1.54, 1.807) is 23.2 Å². The Labute approximate surface area is 117 Å². The van der Waals surface area contributed by atoms with Gasteiger partial charge in [0.25, 0.3) is 0 Å². The van der Waals surface area contributed by atoms with Gasteiger partial charge in [0, 0.05) is 18.0 Å². The van der Waals surface area contributed by atoms with Crippen LogP contribution < -0.4 is 0 Å². The molecule has 1 saturated heterocycles. The summed E-state index contributed by atoms with van der Waals surface area (Å²) < 4.78 is 0. The molecule has 1 aliphatic rings. The van der Waals surface area contributed by atoms with Crippen molar-refractivity contribution < 1.29 is 14.7 Å². The fraction of sp³-hybridized carbons (Fsp3) is 0.571. The molecule has 1 amide bonds. The van der Waals surface area contributed by atoms with Gasteiger partial charge in [-0.3, -0.25) is 9.59 Å². The molecule has 2 rings (SSSR count). The monoisotopic (exact) mass is 281 g/mol. The fourth-order valence-corrected chi connectivity index (χ4v) is 3.29. The van der Waals surface area contributed by atoms with E-state index in [9.17, 15) is 14.7 Å². The van der Waals surface area contributed by atoms with Crippen molar-refractivity contribution in [2.24, 2.45) is 5.41 Å². The zero-order chi connectivity index (χ0) is 14.3. The summed E-state index contributed by atoms with van der Waals surface area (Å²) in [6.45, 7) is 6.34. The van der Waals surface area contributed by atoms with Gasteiger partial charge in [0.2, 0.25) is 5.91 Å². The number of thiophene rings is 1.